The van der Waals surface area contributed by atoms with Crippen LogP contribution in [0.15, 0.2) is 12.1 Å². The van der Waals surface area contributed by atoms with E-state index in [1.54, 1.807) is 14.2 Å². The van der Waals surface area contributed by atoms with Crippen LogP contribution in [0.25, 0.3) is 0 Å². The predicted molar refractivity (Wildman–Crippen MR) is 88.8 cm³/mol. The number of methoxy groups -OCH3 is 2. The van der Waals surface area contributed by atoms with Crippen LogP contribution in [0.1, 0.15) is 49.3 Å². The second-order valence-corrected chi connectivity index (χ2v) is 6.20. The minimum atomic E-state index is 0.192. The van der Waals surface area contributed by atoms with Crippen LogP contribution < -0.4 is 9.47 Å². The summed E-state index contributed by atoms with van der Waals surface area (Å²) in [5.41, 5.74) is 2.62. The summed E-state index contributed by atoms with van der Waals surface area (Å²) in [5, 5.41) is 1.08. The fourth-order valence-electron chi connectivity index (χ4n) is 2.87. The van der Waals surface area contributed by atoms with E-state index >= 15 is 0 Å². The van der Waals surface area contributed by atoms with Crippen molar-refractivity contribution in [1.82, 2.24) is 0 Å². The van der Waals surface area contributed by atoms with Gasteiger partial charge in [-0.1, -0.05) is 28.8 Å². The number of benzene rings is 1. The number of alkyl halides is 1. The number of rotatable bonds is 7. The highest BCUT2D eigenvalue weighted by atomic mass is 79.9. The normalized spacial score (nSPS) is 18.0. The Bertz CT molecular complexity index is 448. The van der Waals surface area contributed by atoms with Gasteiger partial charge in [-0.3, -0.25) is 0 Å². The Labute approximate surface area is 136 Å². The van der Waals surface area contributed by atoms with Gasteiger partial charge in [0.1, 0.15) is 0 Å². The van der Waals surface area contributed by atoms with Gasteiger partial charge in [0.05, 0.1) is 20.3 Å². The number of unbranched alkanes of at least 4 members (excludes halogenated alkanes) is 2. The lowest BCUT2D eigenvalue weighted by Crippen LogP contribution is -2.06. The molecule has 1 atom stereocenters. The Balaban J connectivity index is 2.18. The van der Waals surface area contributed by atoms with E-state index < -0.39 is 0 Å². The standard InChI is InChI=1S/C17H25BrO3/c1-19-16-11-13-7-6-10-21-15(8-4-3-5-9-18)14(13)12-17(16)20-2/h11-12,15H,3-10H2,1-2H3. The highest BCUT2D eigenvalue weighted by Gasteiger charge is 2.21. The van der Waals surface area contributed by atoms with Crippen LogP contribution in [-0.4, -0.2) is 26.2 Å². The molecule has 1 unspecified atom stereocenters. The van der Waals surface area contributed by atoms with Gasteiger partial charge in [-0.25, -0.2) is 0 Å². The summed E-state index contributed by atoms with van der Waals surface area (Å²) in [7, 11) is 3.38. The number of halogens is 1. The van der Waals surface area contributed by atoms with Crippen LogP contribution >= 0.6 is 15.9 Å². The lowest BCUT2D eigenvalue weighted by molar-refractivity contribution is 0.0486. The van der Waals surface area contributed by atoms with Gasteiger partial charge in [0.2, 0.25) is 0 Å². The third kappa shape index (κ3) is 4.36. The quantitative estimate of drug-likeness (QED) is 0.525. The molecule has 118 valence electrons. The third-order valence-electron chi connectivity index (χ3n) is 4.00. The Morgan fingerprint density at radius 2 is 1.90 bits per heavy atom. The molecule has 0 N–H and O–H groups in total. The van der Waals surface area contributed by atoms with Gasteiger partial charge in [-0.05, 0) is 48.9 Å². The Morgan fingerprint density at radius 3 is 2.62 bits per heavy atom. The minimum Gasteiger partial charge on any atom is -0.493 e. The molecule has 0 aromatic heterocycles. The van der Waals surface area contributed by atoms with Gasteiger partial charge in [-0.2, -0.15) is 0 Å². The molecule has 0 saturated heterocycles. The van der Waals surface area contributed by atoms with Crippen molar-refractivity contribution < 1.29 is 14.2 Å². The molecule has 1 aliphatic heterocycles. The Kier molecular flexibility index (Phi) is 6.84. The van der Waals surface area contributed by atoms with E-state index in [1.165, 1.54) is 30.4 Å². The molecule has 21 heavy (non-hydrogen) atoms. The lowest BCUT2D eigenvalue weighted by Gasteiger charge is -2.20. The van der Waals surface area contributed by atoms with Crippen LogP contribution in [0.4, 0.5) is 0 Å². The first-order chi connectivity index (χ1) is 10.3. The minimum absolute atomic E-state index is 0.192. The second kappa shape index (κ2) is 8.64. The van der Waals surface area contributed by atoms with Gasteiger partial charge >= 0.3 is 0 Å². The summed E-state index contributed by atoms with van der Waals surface area (Å²) in [6.07, 6.45) is 7.06. The molecule has 0 fully saturated rings. The van der Waals surface area contributed by atoms with Crippen LogP contribution in [0.3, 0.4) is 0 Å². The summed E-state index contributed by atoms with van der Waals surface area (Å²) in [6.45, 7) is 0.836. The molecular weight excluding hydrogens is 332 g/mol. The maximum absolute atomic E-state index is 6.07. The van der Waals surface area contributed by atoms with Crippen molar-refractivity contribution in [3.05, 3.63) is 23.3 Å². The summed E-state index contributed by atoms with van der Waals surface area (Å²) >= 11 is 3.49. The molecule has 1 aromatic rings. The van der Waals surface area contributed by atoms with Crippen LogP contribution in [0.2, 0.25) is 0 Å². The topological polar surface area (TPSA) is 27.7 Å². The number of hydrogen-bond donors (Lipinski definition) is 0. The zero-order valence-electron chi connectivity index (χ0n) is 13.0. The van der Waals surface area contributed by atoms with Gasteiger partial charge in [0.25, 0.3) is 0 Å². The first-order valence-electron chi connectivity index (χ1n) is 7.72. The summed E-state index contributed by atoms with van der Waals surface area (Å²) in [6, 6.07) is 4.23. The van der Waals surface area contributed by atoms with Gasteiger partial charge in [0, 0.05) is 11.9 Å². The van der Waals surface area contributed by atoms with E-state index in [4.69, 9.17) is 14.2 Å². The molecule has 0 radical (unpaired) electrons. The van der Waals surface area contributed by atoms with Crippen LogP contribution in [0, 0.1) is 0 Å². The lowest BCUT2D eigenvalue weighted by atomic mass is 9.95. The van der Waals surface area contributed by atoms with Crippen molar-refractivity contribution in [2.75, 3.05) is 26.2 Å². The van der Waals surface area contributed by atoms with Crippen LogP contribution in [-0.2, 0) is 11.2 Å². The van der Waals surface area contributed by atoms with Crippen molar-refractivity contribution in [3.63, 3.8) is 0 Å². The van der Waals surface area contributed by atoms with Crippen molar-refractivity contribution >= 4 is 15.9 Å². The maximum atomic E-state index is 6.07. The zero-order valence-corrected chi connectivity index (χ0v) is 14.6. The molecule has 2 rings (SSSR count). The molecule has 1 heterocycles. The fourth-order valence-corrected chi connectivity index (χ4v) is 3.27. The molecule has 0 amide bonds. The molecule has 0 saturated carbocycles. The highest BCUT2D eigenvalue weighted by molar-refractivity contribution is 9.09. The third-order valence-corrected chi connectivity index (χ3v) is 4.56. The van der Waals surface area contributed by atoms with Crippen molar-refractivity contribution in [3.8, 4) is 11.5 Å². The number of fused-ring (bicyclic) bond motifs is 1. The van der Waals surface area contributed by atoms with E-state index in [2.05, 4.69) is 28.1 Å². The molecule has 4 heteroatoms. The molecule has 0 spiro atoms. The average molecular weight is 357 g/mol. The number of hydrogen-bond acceptors (Lipinski definition) is 3. The van der Waals surface area contributed by atoms with E-state index in [1.807, 2.05) is 0 Å². The molecule has 0 aliphatic carbocycles. The highest BCUT2D eigenvalue weighted by Crippen LogP contribution is 2.38. The Hall–Kier alpha value is -0.740. The summed E-state index contributed by atoms with van der Waals surface area (Å²) < 4.78 is 16.9. The van der Waals surface area contributed by atoms with Crippen molar-refractivity contribution in [1.29, 1.82) is 0 Å². The summed E-state index contributed by atoms with van der Waals surface area (Å²) in [5.74, 6) is 1.61. The van der Waals surface area contributed by atoms with Crippen molar-refractivity contribution in [2.45, 2.75) is 44.6 Å². The Morgan fingerprint density at radius 1 is 1.14 bits per heavy atom. The SMILES string of the molecule is COc1cc2c(cc1OC)C(CCCCCBr)OCCC2. The molecular formula is C17H25BrO3. The smallest absolute Gasteiger partial charge is 0.161 e. The van der Waals surface area contributed by atoms with Crippen molar-refractivity contribution in [2.24, 2.45) is 0 Å². The largest absolute Gasteiger partial charge is 0.493 e. The maximum Gasteiger partial charge on any atom is 0.161 e. The average Bonchev–Trinajstić information content (AvgIpc) is 2.72. The predicted octanol–water partition coefficient (Wildman–Crippen LogP) is 4.66. The van der Waals surface area contributed by atoms with E-state index in [9.17, 15) is 0 Å². The molecule has 0 bridgehead atoms. The van der Waals surface area contributed by atoms with Gasteiger partial charge in [0.15, 0.2) is 11.5 Å². The molecule has 1 aliphatic rings. The van der Waals surface area contributed by atoms with Crippen LogP contribution in [0.5, 0.6) is 11.5 Å². The van der Waals surface area contributed by atoms with Gasteiger partial charge < -0.3 is 14.2 Å². The monoisotopic (exact) mass is 356 g/mol. The summed E-state index contributed by atoms with van der Waals surface area (Å²) in [4.78, 5) is 0. The number of ether oxygens (including phenoxy) is 3. The first kappa shape index (κ1) is 16.6. The zero-order chi connectivity index (χ0) is 15.1. The number of aryl methyl sites for hydroxylation is 1. The van der Waals surface area contributed by atoms with E-state index in [-0.39, 0.29) is 6.10 Å². The van der Waals surface area contributed by atoms with E-state index in [0.29, 0.717) is 0 Å². The molecule has 3 nitrogen and oxygen atoms in total. The second-order valence-electron chi connectivity index (χ2n) is 5.41. The molecule has 1 aromatic carbocycles. The van der Waals surface area contributed by atoms with Gasteiger partial charge in [-0.15, -0.1) is 0 Å². The first-order valence-corrected chi connectivity index (χ1v) is 8.84. The van der Waals surface area contributed by atoms with E-state index in [0.717, 1.165) is 42.7 Å². The fraction of sp³-hybridized carbons (Fsp3) is 0.647.